The maximum Gasteiger partial charge on any atom is 0.253 e. The van der Waals surface area contributed by atoms with E-state index in [0.29, 0.717) is 6.04 Å². The summed E-state index contributed by atoms with van der Waals surface area (Å²) in [5.74, 6) is 0.950. The van der Waals surface area contributed by atoms with Crippen LogP contribution in [0.1, 0.15) is 16.8 Å². The van der Waals surface area contributed by atoms with Gasteiger partial charge in [0.2, 0.25) is 0 Å². The quantitative estimate of drug-likeness (QED) is 0.904. The van der Waals surface area contributed by atoms with Crippen molar-refractivity contribution in [1.82, 2.24) is 15.1 Å². The molecule has 2 aromatic rings. The van der Waals surface area contributed by atoms with Crippen LogP contribution in [-0.4, -0.2) is 68.1 Å². The molecule has 1 N–H and O–H groups in total. The summed E-state index contributed by atoms with van der Waals surface area (Å²) in [5, 5.41) is 3.43. The van der Waals surface area contributed by atoms with Crippen molar-refractivity contribution in [2.45, 2.75) is 12.5 Å². The Bertz CT molecular complexity index is 794. The van der Waals surface area contributed by atoms with Crippen molar-refractivity contribution in [1.29, 1.82) is 0 Å². The fourth-order valence-corrected chi connectivity index (χ4v) is 4.06. The van der Waals surface area contributed by atoms with E-state index < -0.39 is 0 Å². The number of amides is 1. The average Bonchev–Trinajstić information content (AvgIpc) is 3.28. The molecular formula is C22H27N3O2. The molecule has 27 heavy (non-hydrogen) atoms. The third-order valence-electron chi connectivity index (χ3n) is 5.66. The highest BCUT2D eigenvalue weighted by Gasteiger charge is 2.28. The molecule has 2 aliphatic heterocycles. The van der Waals surface area contributed by atoms with Gasteiger partial charge in [-0.25, -0.2) is 0 Å². The van der Waals surface area contributed by atoms with E-state index in [4.69, 9.17) is 4.74 Å². The van der Waals surface area contributed by atoms with Gasteiger partial charge in [0.05, 0.1) is 7.11 Å². The fraction of sp³-hybridized carbons (Fsp3) is 0.409. The van der Waals surface area contributed by atoms with Crippen LogP contribution >= 0.6 is 0 Å². The Morgan fingerprint density at radius 3 is 2.48 bits per heavy atom. The summed E-state index contributed by atoms with van der Waals surface area (Å²) in [4.78, 5) is 17.5. The van der Waals surface area contributed by atoms with E-state index >= 15 is 0 Å². The first-order valence-electron chi connectivity index (χ1n) is 9.73. The smallest absolute Gasteiger partial charge is 0.253 e. The van der Waals surface area contributed by atoms with E-state index in [1.165, 1.54) is 6.42 Å². The van der Waals surface area contributed by atoms with Crippen LogP contribution in [0.25, 0.3) is 11.1 Å². The van der Waals surface area contributed by atoms with Gasteiger partial charge in [-0.05, 0) is 48.4 Å². The zero-order valence-electron chi connectivity index (χ0n) is 15.9. The molecule has 4 rings (SSSR count). The zero-order valence-corrected chi connectivity index (χ0v) is 15.9. The molecule has 0 radical (unpaired) electrons. The maximum atomic E-state index is 13.0. The number of nitrogens with zero attached hydrogens (tertiary/aromatic N) is 2. The molecule has 5 nitrogen and oxygen atoms in total. The van der Waals surface area contributed by atoms with E-state index in [9.17, 15) is 4.79 Å². The van der Waals surface area contributed by atoms with Gasteiger partial charge in [-0.2, -0.15) is 0 Å². The van der Waals surface area contributed by atoms with Gasteiger partial charge in [0, 0.05) is 44.3 Å². The first-order chi connectivity index (χ1) is 13.2. The van der Waals surface area contributed by atoms with Crippen LogP contribution in [0.15, 0.2) is 48.5 Å². The molecule has 2 heterocycles. The van der Waals surface area contributed by atoms with Crippen LogP contribution in [0.2, 0.25) is 0 Å². The van der Waals surface area contributed by atoms with E-state index in [0.717, 1.165) is 61.7 Å². The zero-order chi connectivity index (χ0) is 18.6. The van der Waals surface area contributed by atoms with E-state index in [-0.39, 0.29) is 5.91 Å². The number of hydrogen-bond donors (Lipinski definition) is 1. The Hall–Kier alpha value is -2.37. The Morgan fingerprint density at radius 1 is 1.04 bits per heavy atom. The lowest BCUT2D eigenvalue weighted by molar-refractivity contribution is 0.0584. The fourth-order valence-electron chi connectivity index (χ4n) is 4.06. The molecule has 2 fully saturated rings. The number of piperazine rings is 1. The van der Waals surface area contributed by atoms with Crippen molar-refractivity contribution in [3.63, 3.8) is 0 Å². The van der Waals surface area contributed by atoms with E-state index in [1.807, 2.05) is 53.4 Å². The van der Waals surface area contributed by atoms with E-state index in [1.54, 1.807) is 7.11 Å². The molecule has 2 aliphatic rings. The summed E-state index contributed by atoms with van der Waals surface area (Å²) in [5.41, 5.74) is 2.85. The summed E-state index contributed by atoms with van der Waals surface area (Å²) >= 11 is 0. The predicted molar refractivity (Wildman–Crippen MR) is 107 cm³/mol. The van der Waals surface area contributed by atoms with Crippen LogP contribution in [0.3, 0.4) is 0 Å². The topological polar surface area (TPSA) is 44.8 Å². The van der Waals surface area contributed by atoms with Crippen LogP contribution in [-0.2, 0) is 0 Å². The summed E-state index contributed by atoms with van der Waals surface area (Å²) in [6.07, 6.45) is 1.22. The highest BCUT2D eigenvalue weighted by atomic mass is 16.5. The molecule has 2 saturated heterocycles. The number of carbonyl (C=O) groups excluding carboxylic acids is 1. The largest absolute Gasteiger partial charge is 0.497 e. The third kappa shape index (κ3) is 3.99. The van der Waals surface area contributed by atoms with Crippen LogP contribution < -0.4 is 10.1 Å². The minimum atomic E-state index is 0.129. The minimum Gasteiger partial charge on any atom is -0.497 e. The average molecular weight is 365 g/mol. The Balaban J connectivity index is 1.45. The second kappa shape index (κ2) is 8.11. The van der Waals surface area contributed by atoms with Crippen LogP contribution in [0.5, 0.6) is 5.75 Å². The van der Waals surface area contributed by atoms with Gasteiger partial charge in [-0.15, -0.1) is 0 Å². The lowest BCUT2D eigenvalue weighted by Gasteiger charge is -2.37. The number of ether oxygens (including phenoxy) is 1. The number of methoxy groups -OCH3 is 1. The molecule has 0 aromatic heterocycles. The first-order valence-corrected chi connectivity index (χ1v) is 9.73. The molecule has 0 aliphatic carbocycles. The molecule has 1 amide bonds. The van der Waals surface area contributed by atoms with Crippen molar-refractivity contribution < 1.29 is 9.53 Å². The van der Waals surface area contributed by atoms with Crippen molar-refractivity contribution in [2.75, 3.05) is 46.4 Å². The molecule has 5 heteroatoms. The van der Waals surface area contributed by atoms with Gasteiger partial charge < -0.3 is 15.0 Å². The normalized spacial score (nSPS) is 20.6. The third-order valence-corrected chi connectivity index (χ3v) is 5.66. The summed E-state index contributed by atoms with van der Waals surface area (Å²) in [7, 11) is 1.67. The molecule has 1 atom stereocenters. The Labute approximate surface area is 160 Å². The molecule has 0 unspecified atom stereocenters. The van der Waals surface area contributed by atoms with Crippen molar-refractivity contribution in [2.24, 2.45) is 0 Å². The van der Waals surface area contributed by atoms with Gasteiger partial charge in [-0.3, -0.25) is 9.69 Å². The van der Waals surface area contributed by atoms with Crippen LogP contribution in [0.4, 0.5) is 0 Å². The van der Waals surface area contributed by atoms with Gasteiger partial charge in [0.1, 0.15) is 5.75 Å². The molecule has 2 aromatic carbocycles. The molecule has 0 spiro atoms. The Kier molecular flexibility index (Phi) is 5.41. The number of rotatable bonds is 4. The molecular weight excluding hydrogens is 338 g/mol. The number of nitrogens with one attached hydrogen (secondary N) is 1. The van der Waals surface area contributed by atoms with Gasteiger partial charge in [-0.1, -0.05) is 24.3 Å². The Morgan fingerprint density at radius 2 is 1.78 bits per heavy atom. The summed E-state index contributed by atoms with van der Waals surface area (Å²) < 4.78 is 5.32. The second-order valence-electron chi connectivity index (χ2n) is 7.29. The highest BCUT2D eigenvalue weighted by molar-refractivity contribution is 5.95. The molecule has 0 saturated carbocycles. The maximum absolute atomic E-state index is 13.0. The summed E-state index contributed by atoms with van der Waals surface area (Å²) in [6.45, 7) is 5.73. The molecule has 0 bridgehead atoms. The van der Waals surface area contributed by atoms with E-state index in [2.05, 4.69) is 10.2 Å². The lowest BCUT2D eigenvalue weighted by atomic mass is 10.0. The lowest BCUT2D eigenvalue weighted by Crippen LogP contribution is -2.52. The molecule has 142 valence electrons. The van der Waals surface area contributed by atoms with Crippen molar-refractivity contribution in [3.05, 3.63) is 54.1 Å². The monoisotopic (exact) mass is 365 g/mol. The number of carbonyl (C=O) groups is 1. The standard InChI is InChI=1S/C22H27N3O2/c1-27-21-7-3-5-18(15-21)17-4-2-6-19(14-17)22(26)25-12-10-24(11-13-25)20-8-9-23-16-20/h2-7,14-15,20,23H,8-13,16H2,1H3/t20-/m0/s1. The van der Waals surface area contributed by atoms with Crippen molar-refractivity contribution in [3.8, 4) is 16.9 Å². The minimum absolute atomic E-state index is 0.129. The van der Waals surface area contributed by atoms with Gasteiger partial charge in [0.15, 0.2) is 0 Å². The second-order valence-corrected chi connectivity index (χ2v) is 7.29. The highest BCUT2D eigenvalue weighted by Crippen LogP contribution is 2.25. The first kappa shape index (κ1) is 18.0. The summed E-state index contributed by atoms with van der Waals surface area (Å²) in [6, 6.07) is 16.5. The number of hydrogen-bond acceptors (Lipinski definition) is 4. The van der Waals surface area contributed by atoms with Crippen LogP contribution in [0, 0.1) is 0 Å². The van der Waals surface area contributed by atoms with Gasteiger partial charge in [0.25, 0.3) is 5.91 Å². The number of benzene rings is 2. The van der Waals surface area contributed by atoms with Crippen molar-refractivity contribution >= 4 is 5.91 Å². The predicted octanol–water partition coefficient (Wildman–Crippen LogP) is 2.48. The van der Waals surface area contributed by atoms with Gasteiger partial charge >= 0.3 is 0 Å². The SMILES string of the molecule is COc1cccc(-c2cccc(C(=O)N3CCN([C@H]4CCNC4)CC3)c2)c1.